The van der Waals surface area contributed by atoms with E-state index >= 15 is 0 Å². The maximum atomic E-state index is 5.02. The van der Waals surface area contributed by atoms with E-state index in [0.717, 1.165) is 0 Å². The van der Waals surface area contributed by atoms with Gasteiger partial charge in [0, 0.05) is 17.1 Å². The molecule has 0 amide bonds. The van der Waals surface area contributed by atoms with Crippen LogP contribution in [0.5, 0.6) is 0 Å². The molecule has 1 radical (unpaired) electrons. The Bertz CT molecular complexity index is 23.0. The van der Waals surface area contributed by atoms with Crippen molar-refractivity contribution in [1.29, 1.82) is 0 Å². The molecule has 41 valence electrons. The van der Waals surface area contributed by atoms with Crippen LogP contribution in [0.3, 0.4) is 0 Å². The third-order valence-electron chi connectivity index (χ3n) is 0. The molecule has 0 spiro atoms. The normalized spacial score (nSPS) is 12.7. The van der Waals surface area contributed by atoms with Crippen LogP contribution in [0.15, 0.2) is 0 Å². The van der Waals surface area contributed by atoms with E-state index < -0.39 is 11.9 Å². The minimum atomic E-state index is -3.13. The van der Waals surface area contributed by atoms with E-state index in [0.29, 0.717) is 0 Å². The SMILES string of the molecule is [Cl][Mo]([Cl])([Cl])[Cl].[Mn]. The van der Waals surface area contributed by atoms with Gasteiger partial charge >= 0.3 is 49.6 Å². The van der Waals surface area contributed by atoms with Crippen molar-refractivity contribution in [2.24, 2.45) is 0 Å². The van der Waals surface area contributed by atoms with Crippen LogP contribution in [-0.2, 0) is 29.0 Å². The maximum Gasteiger partial charge on any atom is 0 e. The topological polar surface area (TPSA) is 0 Å². The number of rotatable bonds is 0. The summed E-state index contributed by atoms with van der Waals surface area (Å²) in [6, 6.07) is 0. The van der Waals surface area contributed by atoms with Crippen molar-refractivity contribution in [3.8, 4) is 0 Å². The zero-order chi connectivity index (χ0) is 4.50. The minimum absolute atomic E-state index is 0. The molecule has 6 heavy (non-hydrogen) atoms. The van der Waals surface area contributed by atoms with Gasteiger partial charge in [-0.1, -0.05) is 0 Å². The molecule has 0 saturated carbocycles. The van der Waals surface area contributed by atoms with Gasteiger partial charge in [0.2, 0.25) is 0 Å². The molecule has 0 fully saturated rings. The van der Waals surface area contributed by atoms with Crippen molar-refractivity contribution in [2.45, 2.75) is 0 Å². The second-order valence-corrected chi connectivity index (χ2v) is 18.6. The predicted molar refractivity (Wildman–Crippen MR) is 23.4 cm³/mol. The van der Waals surface area contributed by atoms with Crippen LogP contribution in [0.4, 0.5) is 0 Å². The average Bonchev–Trinajstić information content (AvgIpc) is 0.722. The minimum Gasteiger partial charge on any atom is 0 e. The number of hydrogen-bond acceptors (Lipinski definition) is 0. The summed E-state index contributed by atoms with van der Waals surface area (Å²) < 4.78 is 0. The van der Waals surface area contributed by atoms with Crippen LogP contribution in [0.2, 0.25) is 0 Å². The van der Waals surface area contributed by atoms with Gasteiger partial charge in [0.05, 0.1) is 0 Å². The van der Waals surface area contributed by atoms with Crippen molar-refractivity contribution >= 4 is 37.7 Å². The molecule has 0 N–H and O–H groups in total. The first-order chi connectivity index (χ1) is 2.00. The standard InChI is InChI=1S/4ClH.Mn.Mo/h4*1H;;/q;;;;;+4/p-4. The van der Waals surface area contributed by atoms with E-state index in [1.807, 2.05) is 0 Å². The summed E-state index contributed by atoms with van der Waals surface area (Å²) in [5, 5.41) is 0. The first-order valence-electron chi connectivity index (χ1n) is 0.617. The van der Waals surface area contributed by atoms with E-state index in [1.54, 1.807) is 0 Å². The van der Waals surface area contributed by atoms with Gasteiger partial charge in [-0.2, -0.15) is 0 Å². The molecule has 0 aliphatic carbocycles. The monoisotopic (exact) mass is 293 g/mol. The van der Waals surface area contributed by atoms with E-state index in [4.69, 9.17) is 37.7 Å². The molecule has 0 aromatic carbocycles. The van der Waals surface area contributed by atoms with Crippen molar-refractivity contribution in [3.63, 3.8) is 0 Å². The van der Waals surface area contributed by atoms with Gasteiger partial charge in [-0.25, -0.2) is 0 Å². The average molecular weight is 293 g/mol. The Kier molecular flexibility index (Phi) is 7.97. The third-order valence-corrected chi connectivity index (χ3v) is 0. The Morgan fingerprint density at radius 1 is 0.833 bits per heavy atom. The Morgan fingerprint density at radius 3 is 0.833 bits per heavy atom. The Hall–Kier alpha value is 2.37. The van der Waals surface area contributed by atoms with E-state index in [-0.39, 0.29) is 17.1 Å². The molecule has 0 aliphatic rings. The Morgan fingerprint density at radius 2 is 0.833 bits per heavy atom. The van der Waals surface area contributed by atoms with E-state index in [9.17, 15) is 0 Å². The van der Waals surface area contributed by atoms with Crippen LogP contribution in [0.25, 0.3) is 0 Å². The fraction of sp³-hybridized carbons (Fsp3) is 0. The predicted octanol–water partition coefficient (Wildman–Crippen LogP) is 2.75. The molecule has 0 rings (SSSR count). The van der Waals surface area contributed by atoms with Crippen LogP contribution in [-0.4, -0.2) is 0 Å². The van der Waals surface area contributed by atoms with Gasteiger partial charge in [-0.3, -0.25) is 0 Å². The molecule has 0 saturated heterocycles. The molecular formula is Cl4MnMo. The molecule has 6 heteroatoms. The second-order valence-electron chi connectivity index (χ2n) is 0.350. The van der Waals surface area contributed by atoms with Gasteiger partial charge in [0.25, 0.3) is 0 Å². The van der Waals surface area contributed by atoms with Gasteiger partial charge in [-0.05, 0) is 0 Å². The largest absolute Gasteiger partial charge is 0 e. The molecule has 0 heterocycles. The summed E-state index contributed by atoms with van der Waals surface area (Å²) in [5.74, 6) is 0. The fourth-order valence-corrected chi connectivity index (χ4v) is 0. The number of hydrogen-bond donors (Lipinski definition) is 0. The van der Waals surface area contributed by atoms with Crippen LogP contribution < -0.4 is 0 Å². The van der Waals surface area contributed by atoms with Crippen LogP contribution >= 0.6 is 37.7 Å². The first-order valence-corrected chi connectivity index (χ1v) is 11.0. The van der Waals surface area contributed by atoms with E-state index in [1.165, 1.54) is 0 Å². The van der Waals surface area contributed by atoms with Crippen molar-refractivity contribution in [3.05, 3.63) is 0 Å². The molecule has 0 nitrogen and oxygen atoms in total. The quantitative estimate of drug-likeness (QED) is 0.602. The summed E-state index contributed by atoms with van der Waals surface area (Å²) in [5.41, 5.74) is 0. The van der Waals surface area contributed by atoms with Crippen molar-refractivity contribution in [2.75, 3.05) is 0 Å². The molecule has 0 aromatic rings. The first kappa shape index (κ1) is 11.2. The van der Waals surface area contributed by atoms with Gasteiger partial charge in [-0.15, -0.1) is 0 Å². The smallest absolute Gasteiger partial charge is 0 e. The van der Waals surface area contributed by atoms with Gasteiger partial charge in [0.1, 0.15) is 0 Å². The summed E-state index contributed by atoms with van der Waals surface area (Å²) >= 11 is -3.13. The molecule has 0 unspecified atom stereocenters. The zero-order valence-corrected chi connectivity index (χ0v) is 8.51. The van der Waals surface area contributed by atoms with Gasteiger partial charge in [0.15, 0.2) is 0 Å². The molecule has 0 aliphatic heterocycles. The molecule has 0 atom stereocenters. The second kappa shape index (κ2) is 4.27. The summed E-state index contributed by atoms with van der Waals surface area (Å²) in [6.07, 6.45) is 0. The third kappa shape index (κ3) is 32.7. The fourth-order valence-electron chi connectivity index (χ4n) is 0. The summed E-state index contributed by atoms with van der Waals surface area (Å²) in [4.78, 5) is 0. The summed E-state index contributed by atoms with van der Waals surface area (Å²) in [6.45, 7) is 0. The van der Waals surface area contributed by atoms with Gasteiger partial charge < -0.3 is 0 Å². The maximum absolute atomic E-state index is 5.02. The van der Waals surface area contributed by atoms with Crippen molar-refractivity contribution < 1.29 is 29.0 Å². The van der Waals surface area contributed by atoms with Crippen LogP contribution in [0.1, 0.15) is 0 Å². The van der Waals surface area contributed by atoms with E-state index in [2.05, 4.69) is 0 Å². The summed E-state index contributed by atoms with van der Waals surface area (Å²) in [7, 11) is 20.1. The number of halogens is 4. The van der Waals surface area contributed by atoms with Crippen LogP contribution in [0, 0.1) is 0 Å². The Balaban J connectivity index is 0. The molecular weight excluding hydrogens is 293 g/mol. The Labute approximate surface area is 65.8 Å². The molecule has 0 bridgehead atoms. The zero-order valence-electron chi connectivity index (χ0n) is 2.30. The van der Waals surface area contributed by atoms with Crippen molar-refractivity contribution in [1.82, 2.24) is 0 Å². The molecule has 0 aromatic heterocycles.